The van der Waals surface area contributed by atoms with Gasteiger partial charge in [0.1, 0.15) is 0 Å². The zero-order chi connectivity index (χ0) is 17.7. The second kappa shape index (κ2) is 12.5. The van der Waals surface area contributed by atoms with E-state index in [2.05, 4.69) is 48.1 Å². The number of unbranched alkanes of at least 4 members (excludes halogenated alkanes) is 2. The van der Waals surface area contributed by atoms with E-state index in [4.69, 9.17) is 0 Å². The van der Waals surface area contributed by atoms with Gasteiger partial charge in [-0.25, -0.2) is 0 Å². The Balaban J connectivity index is 1.93. The van der Waals surface area contributed by atoms with Crippen LogP contribution in [0.25, 0.3) is 0 Å². The van der Waals surface area contributed by atoms with E-state index in [0.717, 1.165) is 0 Å². The Kier molecular flexibility index (Phi) is 10.2. The second-order valence-electron chi connectivity index (χ2n) is 6.41. The smallest absolute Gasteiger partial charge is 0.0630 e. The maximum absolute atomic E-state index is 4.66. The first kappa shape index (κ1) is 20.5. The van der Waals surface area contributed by atoms with E-state index >= 15 is 0 Å². The third-order valence-corrected chi connectivity index (χ3v) is 9.62. The van der Waals surface area contributed by atoms with E-state index in [0.29, 0.717) is 0 Å². The molecule has 2 nitrogen and oxygen atoms in total. The maximum Gasteiger partial charge on any atom is 0.0630 e. The fraction of sp³-hybridized carbons (Fsp3) is 0.524. The largest absolute Gasteiger partial charge is 0.257 e. The minimum absolute atomic E-state index is 0.0953. The Morgan fingerprint density at radius 1 is 0.640 bits per heavy atom. The number of pyridine rings is 2. The molecule has 0 bridgehead atoms. The lowest BCUT2D eigenvalue weighted by atomic mass is 10.4. The Hall–Kier alpha value is -0.840. The molecule has 0 aliphatic rings. The molecule has 0 saturated heterocycles. The van der Waals surface area contributed by atoms with Crippen molar-refractivity contribution in [2.75, 3.05) is 24.6 Å². The highest BCUT2D eigenvalue weighted by molar-refractivity contribution is 7.66. The van der Waals surface area contributed by atoms with Crippen LogP contribution < -0.4 is 10.9 Å². The quantitative estimate of drug-likeness (QED) is 0.466. The molecule has 0 spiro atoms. The predicted molar refractivity (Wildman–Crippen MR) is 115 cm³/mol. The summed E-state index contributed by atoms with van der Waals surface area (Å²) in [7, 11) is -0.191. The molecule has 2 heterocycles. The van der Waals surface area contributed by atoms with Crippen molar-refractivity contribution < 1.29 is 0 Å². The van der Waals surface area contributed by atoms with E-state index in [-0.39, 0.29) is 15.8 Å². The van der Waals surface area contributed by atoms with Crippen molar-refractivity contribution >= 4 is 26.7 Å². The molecule has 0 aromatic carbocycles. The van der Waals surface area contributed by atoms with Gasteiger partial charge in [0.15, 0.2) is 0 Å². The molecule has 2 atom stereocenters. The second-order valence-corrected chi connectivity index (χ2v) is 11.3. The molecule has 0 radical (unpaired) electrons. The van der Waals surface area contributed by atoms with Gasteiger partial charge in [-0.05, 0) is 68.2 Å². The van der Waals surface area contributed by atoms with Gasteiger partial charge in [-0.2, -0.15) is 0 Å². The Morgan fingerprint density at radius 2 is 1.08 bits per heavy atom. The van der Waals surface area contributed by atoms with E-state index in [1.54, 1.807) is 0 Å². The van der Waals surface area contributed by atoms with Crippen molar-refractivity contribution in [3.8, 4) is 0 Å². The number of nitrogens with zero attached hydrogens (tertiary/aromatic N) is 2. The fourth-order valence-electron chi connectivity index (χ4n) is 2.91. The van der Waals surface area contributed by atoms with Crippen molar-refractivity contribution in [2.24, 2.45) is 0 Å². The fourth-order valence-corrected chi connectivity index (χ4v) is 8.06. The third-order valence-electron chi connectivity index (χ3n) is 4.37. The molecule has 0 N–H and O–H groups in total. The normalized spacial score (nSPS) is 13.5. The summed E-state index contributed by atoms with van der Waals surface area (Å²) in [6.45, 7) is 4.58. The number of aromatic nitrogens is 2. The van der Waals surface area contributed by atoms with E-state index in [1.165, 1.54) is 67.6 Å². The summed E-state index contributed by atoms with van der Waals surface area (Å²) in [6.07, 6.45) is 15.8. The van der Waals surface area contributed by atoms with Gasteiger partial charge in [0.25, 0.3) is 0 Å². The first-order valence-corrected chi connectivity index (χ1v) is 13.1. The molecule has 136 valence electrons. The summed E-state index contributed by atoms with van der Waals surface area (Å²) in [6, 6.07) is 12.8. The van der Waals surface area contributed by atoms with Crippen molar-refractivity contribution in [1.29, 1.82) is 0 Å². The highest BCUT2D eigenvalue weighted by atomic mass is 31.1. The lowest BCUT2D eigenvalue weighted by molar-refractivity contribution is 0.886. The van der Waals surface area contributed by atoms with Crippen LogP contribution in [0.4, 0.5) is 0 Å². The van der Waals surface area contributed by atoms with Crippen LogP contribution in [0.3, 0.4) is 0 Å². The molecular weight excluding hydrogens is 342 g/mol. The van der Waals surface area contributed by atoms with Gasteiger partial charge in [-0.3, -0.25) is 9.97 Å². The molecule has 4 heteroatoms. The predicted octanol–water partition coefficient (Wildman–Crippen LogP) is 5.38. The summed E-state index contributed by atoms with van der Waals surface area (Å²) in [5.41, 5.74) is 2.70. The van der Waals surface area contributed by atoms with Gasteiger partial charge in [-0.15, -0.1) is 0 Å². The first-order chi connectivity index (χ1) is 12.3. The highest BCUT2D eigenvalue weighted by Crippen LogP contribution is 2.40. The lowest BCUT2D eigenvalue weighted by Gasteiger charge is -2.20. The highest BCUT2D eigenvalue weighted by Gasteiger charge is 2.15. The van der Waals surface area contributed by atoms with E-state index in [9.17, 15) is 0 Å². The van der Waals surface area contributed by atoms with Crippen LogP contribution in [0.15, 0.2) is 48.8 Å². The molecular formula is C21H32N2P2. The van der Waals surface area contributed by atoms with Crippen LogP contribution in [0.2, 0.25) is 0 Å². The van der Waals surface area contributed by atoms with Crippen molar-refractivity contribution in [3.63, 3.8) is 0 Å². The van der Waals surface area contributed by atoms with Crippen LogP contribution in [0.1, 0.15) is 46.0 Å². The van der Waals surface area contributed by atoms with Gasteiger partial charge in [-0.1, -0.05) is 54.7 Å². The molecule has 0 amide bonds. The van der Waals surface area contributed by atoms with Crippen LogP contribution in [0, 0.1) is 0 Å². The van der Waals surface area contributed by atoms with Gasteiger partial charge in [0, 0.05) is 12.4 Å². The average molecular weight is 374 g/mol. The lowest BCUT2D eigenvalue weighted by Crippen LogP contribution is -2.13. The van der Waals surface area contributed by atoms with E-state index in [1.807, 2.05) is 24.5 Å². The zero-order valence-corrected chi connectivity index (χ0v) is 17.6. The summed E-state index contributed by atoms with van der Waals surface area (Å²) in [5.74, 6) is 0. The summed E-state index contributed by atoms with van der Waals surface area (Å²) in [5, 5.41) is 0. The van der Waals surface area contributed by atoms with Crippen LogP contribution >= 0.6 is 15.8 Å². The summed E-state index contributed by atoms with van der Waals surface area (Å²) < 4.78 is 0. The van der Waals surface area contributed by atoms with Crippen molar-refractivity contribution in [2.45, 2.75) is 46.0 Å². The minimum atomic E-state index is -0.0953. The SMILES string of the molecule is CCCCP(CCCP(CCCC)c1ccccn1)c1ccccn1. The molecule has 0 aliphatic carbocycles. The van der Waals surface area contributed by atoms with E-state index < -0.39 is 0 Å². The molecule has 2 aromatic heterocycles. The topological polar surface area (TPSA) is 25.8 Å². The summed E-state index contributed by atoms with van der Waals surface area (Å²) >= 11 is 0. The van der Waals surface area contributed by atoms with Gasteiger partial charge >= 0.3 is 0 Å². The molecule has 2 unspecified atom stereocenters. The van der Waals surface area contributed by atoms with Crippen molar-refractivity contribution in [1.82, 2.24) is 9.97 Å². The zero-order valence-electron chi connectivity index (χ0n) is 15.8. The summed E-state index contributed by atoms with van der Waals surface area (Å²) in [4.78, 5) is 9.32. The minimum Gasteiger partial charge on any atom is -0.257 e. The Labute approximate surface area is 156 Å². The Morgan fingerprint density at radius 3 is 1.44 bits per heavy atom. The molecule has 0 saturated carbocycles. The molecule has 2 rings (SSSR count). The Bertz CT molecular complexity index is 511. The standard InChI is InChI=1S/C21H32N2P2/c1-3-5-16-24(20-12-7-9-14-22-20)18-11-19-25(17-6-4-2)21-13-8-10-15-23-21/h7-10,12-15H,3-6,11,16-19H2,1-2H3. The van der Waals surface area contributed by atoms with Crippen LogP contribution in [-0.2, 0) is 0 Å². The number of rotatable bonds is 12. The molecule has 25 heavy (non-hydrogen) atoms. The average Bonchev–Trinajstić information content (AvgIpc) is 2.68. The molecule has 0 fully saturated rings. The van der Waals surface area contributed by atoms with Gasteiger partial charge < -0.3 is 0 Å². The number of hydrogen-bond donors (Lipinski definition) is 0. The van der Waals surface area contributed by atoms with Crippen molar-refractivity contribution in [3.05, 3.63) is 48.8 Å². The molecule has 0 aliphatic heterocycles. The maximum atomic E-state index is 4.66. The third kappa shape index (κ3) is 7.51. The van der Waals surface area contributed by atoms with Gasteiger partial charge in [0.05, 0.1) is 10.9 Å². The first-order valence-electron chi connectivity index (χ1n) is 9.67. The molecule has 2 aromatic rings. The van der Waals surface area contributed by atoms with Gasteiger partial charge in [0.2, 0.25) is 0 Å². The number of hydrogen-bond acceptors (Lipinski definition) is 2. The monoisotopic (exact) mass is 374 g/mol. The van der Waals surface area contributed by atoms with Crippen LogP contribution in [-0.4, -0.2) is 34.6 Å². The van der Waals surface area contributed by atoms with Crippen LogP contribution in [0.5, 0.6) is 0 Å².